The first-order valence-electron chi connectivity index (χ1n) is 6.42. The molecule has 2 aromatic rings. The van der Waals surface area contributed by atoms with Crippen molar-refractivity contribution >= 4 is 27.6 Å². The number of aromatic nitrogens is 2. The highest BCUT2D eigenvalue weighted by atomic mass is 79.9. The first-order chi connectivity index (χ1) is 9.77. The number of halogens is 4. The molecule has 1 aromatic heterocycles. The summed E-state index contributed by atoms with van der Waals surface area (Å²) >= 11 is 2.92. The minimum Gasteiger partial charge on any atom is -0.326 e. The van der Waals surface area contributed by atoms with E-state index in [1.807, 2.05) is 4.57 Å². The van der Waals surface area contributed by atoms with Crippen molar-refractivity contribution in [3.63, 3.8) is 0 Å². The summed E-state index contributed by atoms with van der Waals surface area (Å²) < 4.78 is 40.5. The molecule has 0 saturated heterocycles. The smallest absolute Gasteiger partial charge is 0.326 e. The highest BCUT2D eigenvalue weighted by Crippen LogP contribution is 2.36. The van der Waals surface area contributed by atoms with Gasteiger partial charge in [0.2, 0.25) is 5.95 Å². The van der Waals surface area contributed by atoms with Crippen LogP contribution in [0, 0.1) is 5.92 Å². The van der Waals surface area contributed by atoms with E-state index in [2.05, 4.69) is 40.1 Å². The fraction of sp³-hybridized carbons (Fsp3) is 0.357. The molecule has 0 fully saturated rings. The zero-order valence-corrected chi connectivity index (χ0v) is 13.2. The summed E-state index contributed by atoms with van der Waals surface area (Å²) in [5, 5.41) is 2.93. The minimum absolute atomic E-state index is 0.0195. The Labute approximate surface area is 129 Å². The van der Waals surface area contributed by atoms with E-state index >= 15 is 0 Å². The van der Waals surface area contributed by atoms with Crippen LogP contribution in [0.3, 0.4) is 0 Å². The van der Waals surface area contributed by atoms with Gasteiger partial charge < -0.3 is 9.88 Å². The molecule has 0 saturated carbocycles. The van der Waals surface area contributed by atoms with Crippen molar-refractivity contribution in [1.29, 1.82) is 0 Å². The zero-order valence-electron chi connectivity index (χ0n) is 11.6. The molecule has 1 N–H and O–H groups in total. The Bertz CT molecular complexity index is 620. The van der Waals surface area contributed by atoms with Crippen LogP contribution in [0.15, 0.2) is 35.1 Å². The maximum Gasteiger partial charge on any atom is 0.417 e. The number of imidazole rings is 1. The third-order valence-corrected chi connectivity index (χ3v) is 3.50. The van der Waals surface area contributed by atoms with Crippen LogP contribution in [0.2, 0.25) is 0 Å². The van der Waals surface area contributed by atoms with Crippen molar-refractivity contribution in [3.8, 4) is 0 Å². The van der Waals surface area contributed by atoms with Crippen LogP contribution >= 0.6 is 15.9 Å². The molecular weight excluding hydrogens is 347 g/mol. The Morgan fingerprint density at radius 1 is 1.33 bits per heavy atom. The molecule has 0 amide bonds. The molecule has 0 atom stereocenters. The van der Waals surface area contributed by atoms with Gasteiger partial charge in [0.1, 0.15) is 0 Å². The number of anilines is 2. The van der Waals surface area contributed by atoms with Crippen molar-refractivity contribution in [2.75, 3.05) is 5.32 Å². The Kier molecular flexibility index (Phi) is 4.61. The average molecular weight is 362 g/mol. The van der Waals surface area contributed by atoms with Crippen molar-refractivity contribution in [2.45, 2.75) is 26.6 Å². The van der Waals surface area contributed by atoms with Gasteiger partial charge in [-0.15, -0.1) is 0 Å². The van der Waals surface area contributed by atoms with E-state index in [9.17, 15) is 13.2 Å². The standard InChI is InChI=1S/C14H15BrF3N3/c1-9(2)8-21-6-5-19-13(21)20-10-3-4-12(15)11(7-10)14(16,17)18/h3-7,9H,8H2,1-2H3,(H,19,20). The molecular formula is C14H15BrF3N3. The Hall–Kier alpha value is -1.50. The van der Waals surface area contributed by atoms with Crippen LogP contribution in [0.1, 0.15) is 19.4 Å². The molecule has 0 aliphatic carbocycles. The molecule has 0 spiro atoms. The molecule has 1 aromatic carbocycles. The summed E-state index contributed by atoms with van der Waals surface area (Å²) in [7, 11) is 0. The first kappa shape index (κ1) is 15.9. The molecule has 1 heterocycles. The second-order valence-electron chi connectivity index (χ2n) is 5.11. The van der Waals surface area contributed by atoms with E-state index in [0.717, 1.165) is 12.6 Å². The molecule has 21 heavy (non-hydrogen) atoms. The summed E-state index contributed by atoms with van der Waals surface area (Å²) in [6.45, 7) is 4.86. The maximum absolute atomic E-state index is 12.9. The molecule has 2 rings (SSSR count). The van der Waals surface area contributed by atoms with E-state index in [4.69, 9.17) is 0 Å². The molecule has 0 aliphatic rings. The number of benzene rings is 1. The van der Waals surface area contributed by atoms with Gasteiger partial charge in [0.15, 0.2) is 0 Å². The van der Waals surface area contributed by atoms with Gasteiger partial charge in [0.05, 0.1) is 5.56 Å². The molecule has 0 aliphatic heterocycles. The third kappa shape index (κ3) is 4.00. The number of hydrogen-bond donors (Lipinski definition) is 1. The number of alkyl halides is 3. The minimum atomic E-state index is -4.40. The number of rotatable bonds is 4. The fourth-order valence-electron chi connectivity index (χ4n) is 1.92. The second-order valence-corrected chi connectivity index (χ2v) is 5.97. The maximum atomic E-state index is 12.9. The summed E-state index contributed by atoms with van der Waals surface area (Å²) in [5.41, 5.74) is -0.365. The van der Waals surface area contributed by atoms with E-state index in [-0.39, 0.29) is 4.47 Å². The van der Waals surface area contributed by atoms with Gasteiger partial charge in [-0.05, 0) is 24.1 Å². The Balaban J connectivity index is 2.27. The van der Waals surface area contributed by atoms with Crippen molar-refractivity contribution in [1.82, 2.24) is 9.55 Å². The molecule has 0 bridgehead atoms. The van der Waals surface area contributed by atoms with Crippen molar-refractivity contribution in [3.05, 3.63) is 40.6 Å². The summed E-state index contributed by atoms with van der Waals surface area (Å²) in [6, 6.07) is 4.02. The summed E-state index contributed by atoms with van der Waals surface area (Å²) in [4.78, 5) is 4.14. The topological polar surface area (TPSA) is 29.9 Å². The zero-order chi connectivity index (χ0) is 15.6. The van der Waals surface area contributed by atoms with Gasteiger partial charge in [0, 0.05) is 29.1 Å². The highest BCUT2D eigenvalue weighted by molar-refractivity contribution is 9.10. The molecule has 3 nitrogen and oxygen atoms in total. The lowest BCUT2D eigenvalue weighted by atomic mass is 10.2. The first-order valence-corrected chi connectivity index (χ1v) is 7.21. The van der Waals surface area contributed by atoms with Gasteiger partial charge in [0.25, 0.3) is 0 Å². The second kappa shape index (κ2) is 6.09. The Morgan fingerprint density at radius 2 is 2.05 bits per heavy atom. The quantitative estimate of drug-likeness (QED) is 0.824. The normalized spacial score (nSPS) is 12.0. The van der Waals surface area contributed by atoms with Crippen LogP contribution in [-0.2, 0) is 12.7 Å². The van der Waals surface area contributed by atoms with Crippen LogP contribution in [0.5, 0.6) is 0 Å². The largest absolute Gasteiger partial charge is 0.417 e. The van der Waals surface area contributed by atoms with Crippen LogP contribution < -0.4 is 5.32 Å². The summed E-state index contributed by atoms with van der Waals surface area (Å²) in [6.07, 6.45) is -0.982. The van der Waals surface area contributed by atoms with Gasteiger partial charge in [-0.3, -0.25) is 0 Å². The SMILES string of the molecule is CC(C)Cn1ccnc1Nc1ccc(Br)c(C(F)(F)F)c1. The van der Waals surface area contributed by atoms with E-state index in [1.165, 1.54) is 6.07 Å². The predicted octanol–water partition coefficient (Wildman–Crippen LogP) is 5.06. The predicted molar refractivity (Wildman–Crippen MR) is 79.5 cm³/mol. The average Bonchev–Trinajstić information content (AvgIpc) is 2.77. The molecule has 0 unspecified atom stereocenters. The lowest BCUT2D eigenvalue weighted by Crippen LogP contribution is -2.09. The van der Waals surface area contributed by atoms with Crippen molar-refractivity contribution < 1.29 is 13.2 Å². The lowest BCUT2D eigenvalue weighted by molar-refractivity contribution is -0.138. The number of hydrogen-bond acceptors (Lipinski definition) is 2. The lowest BCUT2D eigenvalue weighted by Gasteiger charge is -2.14. The fourth-order valence-corrected chi connectivity index (χ4v) is 2.39. The van der Waals surface area contributed by atoms with Gasteiger partial charge in [-0.25, -0.2) is 4.98 Å². The molecule has 7 heteroatoms. The molecule has 0 radical (unpaired) electrons. The van der Waals surface area contributed by atoms with Gasteiger partial charge in [-0.2, -0.15) is 13.2 Å². The van der Waals surface area contributed by atoms with E-state index < -0.39 is 11.7 Å². The van der Waals surface area contributed by atoms with Crippen LogP contribution in [0.4, 0.5) is 24.8 Å². The monoisotopic (exact) mass is 361 g/mol. The number of nitrogens with zero attached hydrogens (tertiary/aromatic N) is 2. The van der Waals surface area contributed by atoms with Crippen LogP contribution in [0.25, 0.3) is 0 Å². The Morgan fingerprint density at radius 3 is 2.67 bits per heavy atom. The van der Waals surface area contributed by atoms with Crippen LogP contribution in [-0.4, -0.2) is 9.55 Å². The van der Waals surface area contributed by atoms with Crippen molar-refractivity contribution in [2.24, 2.45) is 5.92 Å². The van der Waals surface area contributed by atoms with E-state index in [0.29, 0.717) is 17.6 Å². The summed E-state index contributed by atoms with van der Waals surface area (Å²) in [5.74, 6) is 0.939. The number of nitrogens with one attached hydrogen (secondary N) is 1. The van der Waals surface area contributed by atoms with Gasteiger partial charge >= 0.3 is 6.18 Å². The third-order valence-electron chi connectivity index (χ3n) is 2.81. The molecule has 114 valence electrons. The van der Waals surface area contributed by atoms with Gasteiger partial charge in [-0.1, -0.05) is 29.8 Å². The highest BCUT2D eigenvalue weighted by Gasteiger charge is 2.33. The van der Waals surface area contributed by atoms with E-state index in [1.54, 1.807) is 18.5 Å².